The quantitative estimate of drug-likeness (QED) is 0.281. The van der Waals surface area contributed by atoms with Gasteiger partial charge in [-0.15, -0.1) is 0 Å². The Hall–Kier alpha value is -4.17. The second-order valence-corrected chi connectivity index (χ2v) is 7.34. The number of anilines is 2. The van der Waals surface area contributed by atoms with Crippen molar-refractivity contribution in [1.29, 1.82) is 0 Å². The topological polar surface area (TPSA) is 109 Å². The maximum atomic E-state index is 12.2. The molecule has 0 aliphatic carbocycles. The number of halogens is 1. The van der Waals surface area contributed by atoms with Crippen molar-refractivity contribution in [3.05, 3.63) is 88.9 Å². The lowest BCUT2D eigenvalue weighted by atomic mass is 10.2. The molecule has 0 unspecified atom stereocenters. The van der Waals surface area contributed by atoms with Gasteiger partial charge in [-0.25, -0.2) is 5.43 Å². The van der Waals surface area contributed by atoms with Gasteiger partial charge >= 0.3 is 11.8 Å². The van der Waals surface area contributed by atoms with Gasteiger partial charge in [0.1, 0.15) is 5.75 Å². The smallest absolute Gasteiger partial charge is 0.329 e. The number of carbonyl (C=O) groups is 3. The molecule has 3 N–H and O–H groups in total. The Bertz CT molecular complexity index is 1180. The predicted molar refractivity (Wildman–Crippen MR) is 128 cm³/mol. The van der Waals surface area contributed by atoms with Gasteiger partial charge < -0.3 is 15.4 Å². The van der Waals surface area contributed by atoms with Gasteiger partial charge in [-0.2, -0.15) is 5.10 Å². The molecule has 0 heterocycles. The van der Waals surface area contributed by atoms with E-state index in [2.05, 4.69) is 21.2 Å². The second kappa shape index (κ2) is 11.4. The number of hydrazone groups is 1. The molecule has 0 aromatic heterocycles. The Kier molecular flexibility index (Phi) is 8.15. The molecule has 0 radical (unpaired) electrons. The molecule has 0 saturated carbocycles. The highest BCUT2D eigenvalue weighted by molar-refractivity contribution is 6.39. The van der Waals surface area contributed by atoms with E-state index in [1.807, 2.05) is 19.1 Å². The van der Waals surface area contributed by atoms with E-state index in [1.54, 1.807) is 54.6 Å². The summed E-state index contributed by atoms with van der Waals surface area (Å²) in [6.07, 6.45) is 1.32. The van der Waals surface area contributed by atoms with Crippen molar-refractivity contribution >= 4 is 46.9 Å². The zero-order valence-electron chi connectivity index (χ0n) is 17.7. The second-order valence-electron chi connectivity index (χ2n) is 6.90. The normalized spacial score (nSPS) is 10.5. The summed E-state index contributed by atoms with van der Waals surface area (Å²) in [5.74, 6) is -1.79. The fourth-order valence-corrected chi connectivity index (χ4v) is 2.85. The summed E-state index contributed by atoms with van der Waals surface area (Å²) in [5.41, 5.74) is 4.80. The molecule has 0 aliphatic rings. The van der Waals surface area contributed by atoms with Gasteiger partial charge in [0.2, 0.25) is 0 Å². The standard InChI is InChI=1S/C24H21ClN4O4/c1-16-9-11-19(12-10-16)27-22(30)15-33-21-8-3-2-5-17(21)14-26-29-24(32)23(31)28-20-7-4-6-18(25)13-20/h2-14H,15H2,1H3,(H,27,30)(H,28,31)(H,29,32)/b26-14-. The van der Waals surface area contributed by atoms with Crippen molar-refractivity contribution in [2.45, 2.75) is 6.92 Å². The first-order valence-electron chi connectivity index (χ1n) is 9.89. The average molecular weight is 465 g/mol. The lowest BCUT2D eigenvalue weighted by Gasteiger charge is -2.10. The van der Waals surface area contributed by atoms with E-state index in [-0.39, 0.29) is 12.5 Å². The van der Waals surface area contributed by atoms with Crippen LogP contribution in [0.25, 0.3) is 0 Å². The third kappa shape index (κ3) is 7.48. The minimum absolute atomic E-state index is 0.215. The van der Waals surface area contributed by atoms with Crippen molar-refractivity contribution in [3.63, 3.8) is 0 Å². The van der Waals surface area contributed by atoms with Crippen molar-refractivity contribution in [3.8, 4) is 5.75 Å². The molecule has 0 bridgehead atoms. The fraction of sp³-hybridized carbons (Fsp3) is 0.0833. The highest BCUT2D eigenvalue weighted by Gasteiger charge is 2.13. The van der Waals surface area contributed by atoms with E-state index in [0.717, 1.165) is 5.56 Å². The van der Waals surface area contributed by atoms with Crippen molar-refractivity contribution in [1.82, 2.24) is 5.43 Å². The van der Waals surface area contributed by atoms with Crippen LogP contribution in [0.3, 0.4) is 0 Å². The maximum Gasteiger partial charge on any atom is 0.329 e. The molecular weight excluding hydrogens is 444 g/mol. The summed E-state index contributed by atoms with van der Waals surface area (Å²) in [5, 5.41) is 9.39. The molecule has 0 aliphatic heterocycles. The van der Waals surface area contributed by atoms with Gasteiger partial charge in [-0.1, -0.05) is 47.5 Å². The number of ether oxygens (including phenoxy) is 1. The van der Waals surface area contributed by atoms with Gasteiger partial charge in [-0.05, 0) is 49.4 Å². The molecule has 0 spiro atoms. The van der Waals surface area contributed by atoms with Crippen molar-refractivity contribution in [2.24, 2.45) is 5.10 Å². The first kappa shape index (κ1) is 23.5. The number of nitrogens with one attached hydrogen (secondary N) is 3. The van der Waals surface area contributed by atoms with Crippen LogP contribution in [0.4, 0.5) is 11.4 Å². The number of amides is 3. The monoisotopic (exact) mass is 464 g/mol. The van der Waals surface area contributed by atoms with Gasteiger partial charge in [0.05, 0.1) is 6.21 Å². The van der Waals surface area contributed by atoms with Crippen molar-refractivity contribution < 1.29 is 19.1 Å². The van der Waals surface area contributed by atoms with Gasteiger partial charge in [0.15, 0.2) is 6.61 Å². The zero-order chi connectivity index (χ0) is 23.6. The summed E-state index contributed by atoms with van der Waals surface area (Å²) >= 11 is 5.85. The van der Waals surface area contributed by atoms with Crippen LogP contribution >= 0.6 is 11.6 Å². The van der Waals surface area contributed by atoms with Crippen LogP contribution in [-0.2, 0) is 14.4 Å². The third-order valence-corrected chi connectivity index (χ3v) is 4.51. The first-order chi connectivity index (χ1) is 15.9. The molecule has 9 heteroatoms. The molecule has 33 heavy (non-hydrogen) atoms. The predicted octanol–water partition coefficient (Wildman–Crippen LogP) is 3.75. The number of rotatable bonds is 7. The van der Waals surface area contributed by atoms with Crippen molar-refractivity contribution in [2.75, 3.05) is 17.2 Å². The number of hydrogen-bond donors (Lipinski definition) is 3. The van der Waals surface area contributed by atoms with Gasteiger partial charge in [0, 0.05) is 22.0 Å². The Labute approximate surface area is 195 Å². The van der Waals surface area contributed by atoms with E-state index in [0.29, 0.717) is 27.7 Å². The van der Waals surface area contributed by atoms with Crippen LogP contribution in [0.2, 0.25) is 5.02 Å². The number of hydrogen-bond acceptors (Lipinski definition) is 5. The number of aryl methyl sites for hydroxylation is 1. The fourth-order valence-electron chi connectivity index (χ4n) is 2.66. The number of benzene rings is 3. The molecular formula is C24H21ClN4O4. The van der Waals surface area contributed by atoms with Crippen LogP contribution in [-0.4, -0.2) is 30.5 Å². The van der Waals surface area contributed by atoms with Crippen LogP contribution in [0, 0.1) is 6.92 Å². The molecule has 3 aromatic rings. The Morgan fingerprint density at radius 3 is 2.42 bits per heavy atom. The third-order valence-electron chi connectivity index (χ3n) is 4.27. The molecule has 0 saturated heterocycles. The Balaban J connectivity index is 1.52. The molecule has 0 atom stereocenters. The number of carbonyl (C=O) groups excluding carboxylic acids is 3. The largest absolute Gasteiger partial charge is 0.483 e. The lowest BCUT2D eigenvalue weighted by Crippen LogP contribution is -2.32. The summed E-state index contributed by atoms with van der Waals surface area (Å²) in [6.45, 7) is 1.74. The molecule has 168 valence electrons. The number of para-hydroxylation sites is 1. The summed E-state index contributed by atoms with van der Waals surface area (Å²) in [4.78, 5) is 36.1. The highest BCUT2D eigenvalue weighted by atomic mass is 35.5. The summed E-state index contributed by atoms with van der Waals surface area (Å²) in [6, 6.07) is 20.6. The van der Waals surface area contributed by atoms with E-state index < -0.39 is 11.8 Å². The van der Waals surface area contributed by atoms with E-state index >= 15 is 0 Å². The van der Waals surface area contributed by atoms with Crippen LogP contribution < -0.4 is 20.8 Å². The first-order valence-corrected chi connectivity index (χ1v) is 10.3. The molecule has 3 aromatic carbocycles. The maximum absolute atomic E-state index is 12.2. The lowest BCUT2D eigenvalue weighted by molar-refractivity contribution is -0.136. The van der Waals surface area contributed by atoms with E-state index in [4.69, 9.17) is 16.3 Å². The molecule has 3 rings (SSSR count). The Morgan fingerprint density at radius 2 is 1.67 bits per heavy atom. The Morgan fingerprint density at radius 1 is 0.909 bits per heavy atom. The summed E-state index contributed by atoms with van der Waals surface area (Å²) < 4.78 is 5.58. The SMILES string of the molecule is Cc1ccc(NC(=O)COc2ccccc2/C=N\NC(=O)C(=O)Nc2cccc(Cl)c2)cc1. The minimum Gasteiger partial charge on any atom is -0.483 e. The molecule has 3 amide bonds. The highest BCUT2D eigenvalue weighted by Crippen LogP contribution is 2.16. The summed E-state index contributed by atoms with van der Waals surface area (Å²) in [7, 11) is 0. The average Bonchev–Trinajstić information content (AvgIpc) is 2.80. The number of nitrogens with zero attached hydrogens (tertiary/aromatic N) is 1. The minimum atomic E-state index is -0.956. The van der Waals surface area contributed by atoms with Gasteiger partial charge in [0.25, 0.3) is 5.91 Å². The molecule has 0 fully saturated rings. The van der Waals surface area contributed by atoms with E-state index in [1.165, 1.54) is 12.3 Å². The zero-order valence-corrected chi connectivity index (χ0v) is 18.4. The van der Waals surface area contributed by atoms with Crippen LogP contribution in [0.15, 0.2) is 77.9 Å². The van der Waals surface area contributed by atoms with Crippen LogP contribution in [0.5, 0.6) is 5.75 Å². The molecule has 8 nitrogen and oxygen atoms in total. The van der Waals surface area contributed by atoms with Gasteiger partial charge in [-0.3, -0.25) is 14.4 Å². The van der Waals surface area contributed by atoms with E-state index in [9.17, 15) is 14.4 Å². The van der Waals surface area contributed by atoms with Crippen LogP contribution in [0.1, 0.15) is 11.1 Å².